The molecule has 0 aromatic heterocycles. The second-order valence-electron chi connectivity index (χ2n) is 4.88. The summed E-state index contributed by atoms with van der Waals surface area (Å²) in [5.74, 6) is -0.195. The molecule has 1 aromatic carbocycles. The quantitative estimate of drug-likeness (QED) is 0.854. The van der Waals surface area contributed by atoms with Gasteiger partial charge in [0.25, 0.3) is 0 Å². The monoisotopic (exact) mass is 280 g/mol. The van der Waals surface area contributed by atoms with Crippen molar-refractivity contribution in [2.45, 2.75) is 12.8 Å². The molecule has 0 bridgehead atoms. The molecule has 0 atom stereocenters. The summed E-state index contributed by atoms with van der Waals surface area (Å²) in [4.78, 5) is 25.2. The molecule has 1 saturated heterocycles. The Morgan fingerprint density at radius 1 is 1.21 bits per heavy atom. The number of ketones is 1. The van der Waals surface area contributed by atoms with Crippen LogP contribution in [-0.2, 0) is 4.79 Å². The number of hydrogen-bond donors (Lipinski definition) is 1. The predicted molar refractivity (Wildman–Crippen MR) is 74.1 cm³/mol. The summed E-state index contributed by atoms with van der Waals surface area (Å²) in [5.41, 5.74) is 5.95. The second-order valence-corrected chi connectivity index (χ2v) is 5.32. The first-order chi connectivity index (χ1) is 9.06. The third kappa shape index (κ3) is 3.78. The second kappa shape index (κ2) is 6.17. The van der Waals surface area contributed by atoms with Gasteiger partial charge in [-0.25, -0.2) is 0 Å². The van der Waals surface area contributed by atoms with Crippen LogP contribution < -0.4 is 5.73 Å². The number of Topliss-reactive ketones (excluding diaryl/α,β-unsaturated/α-hetero) is 1. The SMILES string of the molecule is NC(=O)C1CCN(CC(=O)c2ccc(Cl)cc2)CC1. The number of halogens is 1. The van der Waals surface area contributed by atoms with E-state index >= 15 is 0 Å². The maximum Gasteiger partial charge on any atom is 0.220 e. The Morgan fingerprint density at radius 3 is 2.32 bits per heavy atom. The van der Waals surface area contributed by atoms with Crippen molar-refractivity contribution in [2.24, 2.45) is 11.7 Å². The molecule has 5 heteroatoms. The highest BCUT2D eigenvalue weighted by atomic mass is 35.5. The molecule has 102 valence electrons. The summed E-state index contributed by atoms with van der Waals surface area (Å²) in [6.07, 6.45) is 1.48. The molecule has 1 heterocycles. The Labute approximate surface area is 117 Å². The summed E-state index contributed by atoms with van der Waals surface area (Å²) >= 11 is 5.79. The van der Waals surface area contributed by atoms with Crippen molar-refractivity contribution in [1.29, 1.82) is 0 Å². The number of amides is 1. The minimum Gasteiger partial charge on any atom is -0.369 e. The van der Waals surface area contributed by atoms with Crippen LogP contribution in [0, 0.1) is 5.92 Å². The van der Waals surface area contributed by atoms with Gasteiger partial charge in [0, 0.05) is 16.5 Å². The van der Waals surface area contributed by atoms with Crippen LogP contribution in [0.1, 0.15) is 23.2 Å². The molecule has 0 radical (unpaired) electrons. The number of likely N-dealkylation sites (tertiary alicyclic amines) is 1. The van der Waals surface area contributed by atoms with E-state index in [9.17, 15) is 9.59 Å². The molecule has 0 spiro atoms. The first-order valence-electron chi connectivity index (χ1n) is 6.36. The van der Waals surface area contributed by atoms with Gasteiger partial charge in [0.1, 0.15) is 0 Å². The van der Waals surface area contributed by atoms with Gasteiger partial charge in [0.15, 0.2) is 5.78 Å². The van der Waals surface area contributed by atoms with Crippen molar-refractivity contribution in [3.8, 4) is 0 Å². The first-order valence-corrected chi connectivity index (χ1v) is 6.74. The Balaban J connectivity index is 1.87. The van der Waals surface area contributed by atoms with Crippen molar-refractivity contribution in [1.82, 2.24) is 4.90 Å². The molecular formula is C14H17ClN2O2. The molecule has 0 unspecified atom stereocenters. The van der Waals surface area contributed by atoms with Gasteiger partial charge in [-0.15, -0.1) is 0 Å². The van der Waals surface area contributed by atoms with Crippen molar-refractivity contribution < 1.29 is 9.59 Å². The van der Waals surface area contributed by atoms with Crippen LogP contribution in [0.15, 0.2) is 24.3 Å². The highest BCUT2D eigenvalue weighted by Crippen LogP contribution is 2.17. The van der Waals surface area contributed by atoms with Gasteiger partial charge in [0.05, 0.1) is 6.54 Å². The third-order valence-electron chi connectivity index (χ3n) is 3.52. The fraction of sp³-hybridized carbons (Fsp3) is 0.429. The van der Waals surface area contributed by atoms with Gasteiger partial charge >= 0.3 is 0 Å². The van der Waals surface area contributed by atoms with E-state index < -0.39 is 0 Å². The Kier molecular flexibility index (Phi) is 4.56. The number of primary amides is 1. The van der Waals surface area contributed by atoms with Crippen molar-refractivity contribution in [3.05, 3.63) is 34.9 Å². The average Bonchev–Trinajstić information content (AvgIpc) is 2.40. The van der Waals surface area contributed by atoms with E-state index in [1.807, 2.05) is 0 Å². The topological polar surface area (TPSA) is 63.4 Å². The fourth-order valence-corrected chi connectivity index (χ4v) is 2.43. The summed E-state index contributed by atoms with van der Waals surface area (Å²) < 4.78 is 0. The molecule has 2 N–H and O–H groups in total. The van der Waals surface area contributed by atoms with Gasteiger partial charge < -0.3 is 5.73 Å². The zero-order valence-corrected chi connectivity index (χ0v) is 11.4. The van der Waals surface area contributed by atoms with E-state index in [0.29, 0.717) is 17.1 Å². The van der Waals surface area contributed by atoms with Crippen LogP contribution in [0.4, 0.5) is 0 Å². The van der Waals surface area contributed by atoms with Crippen molar-refractivity contribution >= 4 is 23.3 Å². The Hall–Kier alpha value is -1.39. The number of piperidine rings is 1. The molecular weight excluding hydrogens is 264 g/mol. The minimum atomic E-state index is -0.233. The van der Waals surface area contributed by atoms with Gasteiger partial charge in [0.2, 0.25) is 5.91 Å². The van der Waals surface area contributed by atoms with E-state index in [1.165, 1.54) is 0 Å². The number of carbonyl (C=O) groups excluding carboxylic acids is 2. The van der Waals surface area contributed by atoms with E-state index in [1.54, 1.807) is 24.3 Å². The molecule has 1 aliphatic heterocycles. The molecule has 1 fully saturated rings. The average molecular weight is 281 g/mol. The molecule has 1 amide bonds. The lowest BCUT2D eigenvalue weighted by atomic mass is 9.96. The number of nitrogens with two attached hydrogens (primary N) is 1. The molecule has 1 aromatic rings. The van der Waals surface area contributed by atoms with Crippen LogP contribution in [0.25, 0.3) is 0 Å². The third-order valence-corrected chi connectivity index (χ3v) is 3.78. The Morgan fingerprint density at radius 2 is 1.79 bits per heavy atom. The van der Waals surface area contributed by atoms with Gasteiger partial charge in [-0.2, -0.15) is 0 Å². The van der Waals surface area contributed by atoms with Crippen molar-refractivity contribution in [2.75, 3.05) is 19.6 Å². The number of nitrogens with zero attached hydrogens (tertiary/aromatic N) is 1. The smallest absolute Gasteiger partial charge is 0.220 e. The van der Waals surface area contributed by atoms with E-state index in [4.69, 9.17) is 17.3 Å². The summed E-state index contributed by atoms with van der Waals surface area (Å²) in [5, 5.41) is 0.624. The maximum atomic E-state index is 12.1. The van der Waals surface area contributed by atoms with Crippen LogP contribution in [0.5, 0.6) is 0 Å². The molecule has 2 rings (SSSR count). The first kappa shape index (κ1) is 14.0. The number of benzene rings is 1. The lowest BCUT2D eigenvalue weighted by molar-refractivity contribution is -0.123. The van der Waals surface area contributed by atoms with Gasteiger partial charge in [-0.1, -0.05) is 11.6 Å². The molecule has 0 aliphatic carbocycles. The van der Waals surface area contributed by atoms with E-state index in [2.05, 4.69) is 4.90 Å². The summed E-state index contributed by atoms with van der Waals surface area (Å²) in [6.45, 7) is 1.87. The highest BCUT2D eigenvalue weighted by molar-refractivity contribution is 6.30. The molecule has 19 heavy (non-hydrogen) atoms. The zero-order chi connectivity index (χ0) is 13.8. The number of hydrogen-bond acceptors (Lipinski definition) is 3. The summed E-state index contributed by atoms with van der Waals surface area (Å²) in [7, 11) is 0. The normalized spacial score (nSPS) is 17.3. The highest BCUT2D eigenvalue weighted by Gasteiger charge is 2.24. The molecule has 4 nitrogen and oxygen atoms in total. The predicted octanol–water partition coefficient (Wildman–Crippen LogP) is 1.72. The maximum absolute atomic E-state index is 12.1. The van der Waals surface area contributed by atoms with Crippen LogP contribution in [0.2, 0.25) is 5.02 Å². The fourth-order valence-electron chi connectivity index (χ4n) is 2.31. The van der Waals surface area contributed by atoms with E-state index in [-0.39, 0.29) is 17.6 Å². The zero-order valence-electron chi connectivity index (χ0n) is 10.6. The van der Waals surface area contributed by atoms with Crippen LogP contribution >= 0.6 is 11.6 Å². The molecule has 1 aliphatic rings. The number of carbonyl (C=O) groups is 2. The van der Waals surface area contributed by atoms with Gasteiger partial charge in [-0.05, 0) is 50.2 Å². The standard InChI is InChI=1S/C14H17ClN2O2/c15-12-3-1-10(2-4-12)13(18)9-17-7-5-11(6-8-17)14(16)19/h1-4,11H,5-9H2,(H2,16,19). The largest absolute Gasteiger partial charge is 0.369 e. The van der Waals surface area contributed by atoms with Gasteiger partial charge in [-0.3, -0.25) is 14.5 Å². The van der Waals surface area contributed by atoms with Crippen molar-refractivity contribution in [3.63, 3.8) is 0 Å². The lowest BCUT2D eigenvalue weighted by Gasteiger charge is -2.29. The van der Waals surface area contributed by atoms with Crippen LogP contribution in [-0.4, -0.2) is 36.2 Å². The van der Waals surface area contributed by atoms with E-state index in [0.717, 1.165) is 25.9 Å². The molecule has 0 saturated carbocycles. The summed E-state index contributed by atoms with van der Waals surface area (Å²) in [6, 6.07) is 6.91. The minimum absolute atomic E-state index is 0.0399. The van der Waals surface area contributed by atoms with Crippen LogP contribution in [0.3, 0.4) is 0 Å². The lowest BCUT2D eigenvalue weighted by Crippen LogP contribution is -2.40. The Bertz CT molecular complexity index is 465. The number of rotatable bonds is 4.